The second-order valence-electron chi connectivity index (χ2n) is 5.03. The van der Waals surface area contributed by atoms with E-state index < -0.39 is 0 Å². The Bertz CT molecular complexity index is 878. The van der Waals surface area contributed by atoms with E-state index >= 15 is 0 Å². The summed E-state index contributed by atoms with van der Waals surface area (Å²) in [5.74, 6) is 0.368. The van der Waals surface area contributed by atoms with Gasteiger partial charge in [-0.05, 0) is 37.3 Å². The molecule has 1 aromatic carbocycles. The summed E-state index contributed by atoms with van der Waals surface area (Å²) in [5.41, 5.74) is 2.95. The van der Waals surface area contributed by atoms with Gasteiger partial charge in [0.05, 0.1) is 23.4 Å². The largest absolute Gasteiger partial charge is 0.495 e. The molecule has 0 spiro atoms. The van der Waals surface area contributed by atoms with Gasteiger partial charge < -0.3 is 4.74 Å². The van der Waals surface area contributed by atoms with Crippen LogP contribution in [0.25, 0.3) is 11.3 Å². The molecule has 1 N–H and O–H groups in total. The van der Waals surface area contributed by atoms with Gasteiger partial charge in [0.25, 0.3) is 5.91 Å². The summed E-state index contributed by atoms with van der Waals surface area (Å²) in [6.07, 6.45) is 1.54. The molecule has 2 heterocycles. The van der Waals surface area contributed by atoms with Crippen LogP contribution < -0.4 is 10.1 Å². The Morgan fingerprint density at radius 2 is 2.12 bits per heavy atom. The van der Waals surface area contributed by atoms with Crippen LogP contribution in [0.15, 0.2) is 41.9 Å². The number of pyridine rings is 1. The fraction of sp³-hybridized carbons (Fsp3) is 0.118. The van der Waals surface area contributed by atoms with Gasteiger partial charge in [-0.1, -0.05) is 11.6 Å². The average molecular weight is 360 g/mol. The first-order chi connectivity index (χ1) is 11.6. The van der Waals surface area contributed by atoms with Gasteiger partial charge in [-0.3, -0.25) is 15.1 Å². The maximum atomic E-state index is 12.2. The molecule has 0 aliphatic heterocycles. The molecule has 0 aliphatic rings. The van der Waals surface area contributed by atoms with E-state index in [2.05, 4.69) is 15.3 Å². The third-order valence-corrected chi connectivity index (χ3v) is 4.40. The van der Waals surface area contributed by atoms with Crippen LogP contribution in [0.5, 0.6) is 5.75 Å². The molecule has 0 saturated carbocycles. The Labute approximate surface area is 148 Å². The number of aryl methyl sites for hydroxylation is 1. The monoisotopic (exact) mass is 359 g/mol. The lowest BCUT2D eigenvalue weighted by Gasteiger charge is -2.04. The number of hydrogen-bond donors (Lipinski definition) is 1. The lowest BCUT2D eigenvalue weighted by atomic mass is 10.2. The van der Waals surface area contributed by atoms with E-state index in [1.54, 1.807) is 37.6 Å². The van der Waals surface area contributed by atoms with Crippen LogP contribution in [-0.4, -0.2) is 23.0 Å². The van der Waals surface area contributed by atoms with Crippen molar-refractivity contribution in [2.75, 3.05) is 12.4 Å². The molecule has 5 nitrogen and oxygen atoms in total. The van der Waals surface area contributed by atoms with E-state index in [-0.39, 0.29) is 5.91 Å². The highest BCUT2D eigenvalue weighted by Gasteiger charge is 2.11. The number of ether oxygens (including phenoxy) is 1. The molecule has 2 aromatic heterocycles. The molecule has 7 heteroatoms. The second kappa shape index (κ2) is 6.98. The number of amides is 1. The van der Waals surface area contributed by atoms with E-state index in [4.69, 9.17) is 16.3 Å². The second-order valence-corrected chi connectivity index (χ2v) is 6.29. The van der Waals surface area contributed by atoms with Crippen molar-refractivity contribution in [3.05, 3.63) is 58.2 Å². The molecular weight excluding hydrogens is 346 g/mol. The summed E-state index contributed by atoms with van der Waals surface area (Å²) in [6, 6.07) is 8.96. The fourth-order valence-corrected chi connectivity index (χ4v) is 3.03. The number of benzene rings is 1. The number of methoxy groups -OCH3 is 1. The van der Waals surface area contributed by atoms with Crippen LogP contribution >= 0.6 is 22.9 Å². The Kier molecular flexibility index (Phi) is 4.78. The summed E-state index contributed by atoms with van der Waals surface area (Å²) in [5, 5.41) is 5.67. The highest BCUT2D eigenvalue weighted by molar-refractivity contribution is 7.14. The van der Waals surface area contributed by atoms with Crippen LogP contribution in [0, 0.1) is 6.92 Å². The van der Waals surface area contributed by atoms with Gasteiger partial charge in [0.1, 0.15) is 5.75 Å². The number of hydrogen-bond acceptors (Lipinski definition) is 5. The van der Waals surface area contributed by atoms with Crippen LogP contribution in [-0.2, 0) is 0 Å². The molecule has 3 aromatic rings. The lowest BCUT2D eigenvalue weighted by Crippen LogP contribution is -2.12. The molecule has 0 fully saturated rings. The number of halogens is 1. The molecule has 0 radical (unpaired) electrons. The maximum absolute atomic E-state index is 12.2. The third kappa shape index (κ3) is 3.55. The highest BCUT2D eigenvalue weighted by Crippen LogP contribution is 2.31. The highest BCUT2D eigenvalue weighted by atomic mass is 35.5. The molecule has 0 aliphatic carbocycles. The minimum atomic E-state index is -0.240. The van der Waals surface area contributed by atoms with Gasteiger partial charge in [-0.2, -0.15) is 0 Å². The van der Waals surface area contributed by atoms with Crippen LogP contribution in [0.1, 0.15) is 16.1 Å². The molecule has 0 atom stereocenters. The van der Waals surface area contributed by atoms with Gasteiger partial charge in [-0.25, -0.2) is 4.98 Å². The topological polar surface area (TPSA) is 64.1 Å². The Morgan fingerprint density at radius 3 is 2.79 bits per heavy atom. The Morgan fingerprint density at radius 1 is 1.29 bits per heavy atom. The molecule has 3 rings (SSSR count). The van der Waals surface area contributed by atoms with E-state index in [0.29, 0.717) is 21.5 Å². The zero-order valence-electron chi connectivity index (χ0n) is 13.0. The van der Waals surface area contributed by atoms with Crippen LogP contribution in [0.2, 0.25) is 5.02 Å². The van der Waals surface area contributed by atoms with Crippen molar-refractivity contribution in [1.29, 1.82) is 0 Å². The van der Waals surface area contributed by atoms with Crippen molar-refractivity contribution in [1.82, 2.24) is 9.97 Å². The van der Waals surface area contributed by atoms with Gasteiger partial charge in [0, 0.05) is 22.8 Å². The van der Waals surface area contributed by atoms with Gasteiger partial charge >= 0.3 is 0 Å². The summed E-state index contributed by atoms with van der Waals surface area (Å²) >= 11 is 7.49. The number of nitrogens with zero attached hydrogens (tertiary/aromatic N) is 2. The zero-order chi connectivity index (χ0) is 17.1. The molecule has 0 bridgehead atoms. The Balaban J connectivity index is 1.77. The summed E-state index contributed by atoms with van der Waals surface area (Å²) in [4.78, 5) is 20.7. The summed E-state index contributed by atoms with van der Waals surface area (Å²) in [7, 11) is 1.57. The van der Waals surface area contributed by atoms with Crippen molar-refractivity contribution in [2.24, 2.45) is 0 Å². The first kappa shape index (κ1) is 16.4. The third-order valence-electron chi connectivity index (χ3n) is 3.35. The van der Waals surface area contributed by atoms with Crippen molar-refractivity contribution in [2.45, 2.75) is 6.92 Å². The van der Waals surface area contributed by atoms with Crippen molar-refractivity contribution in [3.63, 3.8) is 0 Å². The normalized spacial score (nSPS) is 10.5. The van der Waals surface area contributed by atoms with E-state index in [1.807, 2.05) is 18.4 Å². The Hall–Kier alpha value is -2.44. The SMILES string of the molecule is COc1ccc(-c2csc(NC(=O)c3ccc(C)nc3)n2)cc1Cl. The molecule has 24 heavy (non-hydrogen) atoms. The number of carbonyl (C=O) groups excluding carboxylic acids is 1. The number of rotatable bonds is 4. The summed E-state index contributed by atoms with van der Waals surface area (Å²) in [6.45, 7) is 1.87. The predicted octanol–water partition coefficient (Wildman–Crippen LogP) is 4.43. The van der Waals surface area contributed by atoms with Gasteiger partial charge in [0.2, 0.25) is 0 Å². The number of thiazole rings is 1. The van der Waals surface area contributed by atoms with Crippen molar-refractivity contribution in [3.8, 4) is 17.0 Å². The van der Waals surface area contributed by atoms with Crippen LogP contribution in [0.4, 0.5) is 5.13 Å². The van der Waals surface area contributed by atoms with E-state index in [0.717, 1.165) is 17.0 Å². The molecule has 0 saturated heterocycles. The molecular formula is C17H14ClN3O2S. The van der Waals surface area contributed by atoms with E-state index in [9.17, 15) is 4.79 Å². The first-order valence-corrected chi connectivity index (χ1v) is 8.36. The smallest absolute Gasteiger partial charge is 0.259 e. The lowest BCUT2D eigenvalue weighted by molar-refractivity contribution is 0.102. The van der Waals surface area contributed by atoms with Crippen molar-refractivity contribution < 1.29 is 9.53 Å². The summed E-state index contributed by atoms with van der Waals surface area (Å²) < 4.78 is 5.14. The fourth-order valence-electron chi connectivity index (χ4n) is 2.06. The predicted molar refractivity (Wildman–Crippen MR) is 96.0 cm³/mol. The van der Waals surface area contributed by atoms with Gasteiger partial charge in [0.15, 0.2) is 5.13 Å². The minimum absolute atomic E-state index is 0.240. The zero-order valence-corrected chi connectivity index (χ0v) is 14.6. The van der Waals surface area contributed by atoms with Crippen molar-refractivity contribution >= 4 is 34.0 Å². The maximum Gasteiger partial charge on any atom is 0.259 e. The number of carbonyl (C=O) groups is 1. The number of anilines is 1. The standard InChI is InChI=1S/C17H14ClN3O2S/c1-10-3-4-12(8-19-10)16(22)21-17-20-14(9-24-17)11-5-6-15(23-2)13(18)7-11/h3-9H,1-2H3,(H,20,21,22). The molecule has 0 unspecified atom stereocenters. The quantitative estimate of drug-likeness (QED) is 0.748. The van der Waals surface area contributed by atoms with E-state index in [1.165, 1.54) is 11.3 Å². The molecule has 122 valence electrons. The average Bonchev–Trinajstić information content (AvgIpc) is 3.04. The van der Waals surface area contributed by atoms with Crippen LogP contribution in [0.3, 0.4) is 0 Å². The number of nitrogens with one attached hydrogen (secondary N) is 1. The first-order valence-electron chi connectivity index (χ1n) is 7.10. The molecule has 1 amide bonds. The minimum Gasteiger partial charge on any atom is -0.495 e. The van der Waals surface area contributed by atoms with Gasteiger partial charge in [-0.15, -0.1) is 11.3 Å². The number of aromatic nitrogens is 2.